The molecule has 1 aliphatic rings. The Morgan fingerprint density at radius 2 is 1.91 bits per heavy atom. The number of carbonyl (C=O) groups excluding carboxylic acids is 1. The number of halogens is 1. The van der Waals surface area contributed by atoms with Crippen molar-refractivity contribution in [2.75, 3.05) is 7.11 Å². The molecule has 1 amide bonds. The molecule has 0 radical (unpaired) electrons. The largest absolute Gasteiger partial charge is 0.497 e. The Balaban J connectivity index is 1.89. The van der Waals surface area contributed by atoms with Crippen LogP contribution in [0.1, 0.15) is 30.7 Å². The van der Waals surface area contributed by atoms with Gasteiger partial charge in [-0.05, 0) is 43.2 Å². The summed E-state index contributed by atoms with van der Waals surface area (Å²) in [6, 6.07) is 11.5. The standard InChI is InChI=1S/C18H19ClN2O2/c1-18(2)16-13(6-9-15(19)20-16)11-21(17(18)22)10-12-4-7-14(23-3)8-5-12/h4-9H,10-11H2,1-3H3. The van der Waals surface area contributed by atoms with Gasteiger partial charge >= 0.3 is 0 Å². The highest BCUT2D eigenvalue weighted by Crippen LogP contribution is 2.34. The van der Waals surface area contributed by atoms with Gasteiger partial charge in [-0.15, -0.1) is 0 Å². The minimum absolute atomic E-state index is 0.0654. The first-order chi connectivity index (χ1) is 10.9. The third-order valence-electron chi connectivity index (χ3n) is 4.25. The molecule has 5 heteroatoms. The SMILES string of the molecule is COc1ccc(CN2Cc3ccc(Cl)nc3C(C)(C)C2=O)cc1. The average Bonchev–Trinajstić information content (AvgIpc) is 2.54. The lowest BCUT2D eigenvalue weighted by atomic mass is 9.81. The predicted molar refractivity (Wildman–Crippen MR) is 89.5 cm³/mol. The third-order valence-corrected chi connectivity index (χ3v) is 4.46. The van der Waals surface area contributed by atoms with Crippen molar-refractivity contribution in [3.8, 4) is 5.75 Å². The Bertz CT molecular complexity index is 741. The summed E-state index contributed by atoms with van der Waals surface area (Å²) < 4.78 is 5.17. The number of nitrogens with zero attached hydrogens (tertiary/aromatic N) is 2. The van der Waals surface area contributed by atoms with Crippen LogP contribution in [0.4, 0.5) is 0 Å². The topological polar surface area (TPSA) is 42.4 Å². The molecule has 0 unspecified atom stereocenters. The maximum atomic E-state index is 12.9. The second-order valence-corrected chi connectivity index (χ2v) is 6.66. The number of methoxy groups -OCH3 is 1. The van der Waals surface area contributed by atoms with Gasteiger partial charge < -0.3 is 9.64 Å². The Kier molecular flexibility index (Phi) is 4.02. The van der Waals surface area contributed by atoms with Crippen LogP contribution in [0.2, 0.25) is 5.15 Å². The molecule has 0 saturated heterocycles. The lowest BCUT2D eigenvalue weighted by Gasteiger charge is -2.38. The van der Waals surface area contributed by atoms with Crippen LogP contribution < -0.4 is 4.74 Å². The predicted octanol–water partition coefficient (Wildman–Crippen LogP) is 3.56. The number of hydrogen-bond donors (Lipinski definition) is 0. The average molecular weight is 331 g/mol. The van der Waals surface area contributed by atoms with Gasteiger partial charge in [0.25, 0.3) is 0 Å². The van der Waals surface area contributed by atoms with Crippen molar-refractivity contribution in [3.63, 3.8) is 0 Å². The van der Waals surface area contributed by atoms with E-state index in [0.29, 0.717) is 18.2 Å². The molecular formula is C18H19ClN2O2. The smallest absolute Gasteiger partial charge is 0.234 e. The molecule has 2 heterocycles. The number of aromatic nitrogens is 1. The maximum absolute atomic E-state index is 12.9. The minimum atomic E-state index is -0.676. The summed E-state index contributed by atoms with van der Waals surface area (Å²) >= 11 is 6.00. The second-order valence-electron chi connectivity index (χ2n) is 6.28. The van der Waals surface area contributed by atoms with E-state index in [2.05, 4.69) is 4.98 Å². The molecule has 0 bridgehead atoms. The van der Waals surface area contributed by atoms with Crippen molar-refractivity contribution in [2.45, 2.75) is 32.4 Å². The fourth-order valence-electron chi connectivity index (χ4n) is 2.99. The van der Waals surface area contributed by atoms with Crippen molar-refractivity contribution in [2.24, 2.45) is 0 Å². The van der Waals surface area contributed by atoms with Gasteiger partial charge in [-0.2, -0.15) is 0 Å². The summed E-state index contributed by atoms with van der Waals surface area (Å²) in [5, 5.41) is 0.424. The van der Waals surface area contributed by atoms with E-state index in [1.807, 2.05) is 49.1 Å². The van der Waals surface area contributed by atoms with E-state index >= 15 is 0 Å². The summed E-state index contributed by atoms with van der Waals surface area (Å²) in [7, 11) is 1.64. The molecule has 0 fully saturated rings. The Labute approximate surface area is 141 Å². The highest BCUT2D eigenvalue weighted by atomic mass is 35.5. The first-order valence-corrected chi connectivity index (χ1v) is 7.88. The van der Waals surface area contributed by atoms with E-state index in [0.717, 1.165) is 22.6 Å². The molecule has 0 N–H and O–H groups in total. The normalized spacial score (nSPS) is 16.2. The van der Waals surface area contributed by atoms with Crippen LogP contribution in [0, 0.1) is 0 Å². The van der Waals surface area contributed by atoms with Crippen LogP contribution in [0.5, 0.6) is 5.75 Å². The van der Waals surface area contributed by atoms with E-state index in [4.69, 9.17) is 16.3 Å². The molecule has 0 spiro atoms. The zero-order valence-corrected chi connectivity index (χ0v) is 14.2. The van der Waals surface area contributed by atoms with Crippen molar-refractivity contribution < 1.29 is 9.53 Å². The van der Waals surface area contributed by atoms with Gasteiger partial charge in [0.2, 0.25) is 5.91 Å². The molecule has 0 aliphatic carbocycles. The summed E-state index contributed by atoms with van der Waals surface area (Å²) in [5.74, 6) is 0.874. The monoisotopic (exact) mass is 330 g/mol. The summed E-state index contributed by atoms with van der Waals surface area (Å²) in [6.07, 6.45) is 0. The Hall–Kier alpha value is -2.07. The zero-order valence-electron chi connectivity index (χ0n) is 13.5. The van der Waals surface area contributed by atoms with Crippen molar-refractivity contribution in [3.05, 3.63) is 58.4 Å². The quantitative estimate of drug-likeness (QED) is 0.808. The van der Waals surface area contributed by atoms with Crippen molar-refractivity contribution in [1.82, 2.24) is 9.88 Å². The highest BCUT2D eigenvalue weighted by Gasteiger charge is 2.41. The number of pyridine rings is 1. The third kappa shape index (κ3) is 2.91. The molecule has 2 aromatic rings. The number of rotatable bonds is 3. The molecule has 1 aliphatic heterocycles. The van der Waals surface area contributed by atoms with Crippen molar-refractivity contribution >= 4 is 17.5 Å². The number of carbonyl (C=O) groups is 1. The number of benzene rings is 1. The molecule has 0 saturated carbocycles. The van der Waals surface area contributed by atoms with Crippen LogP contribution in [0.3, 0.4) is 0 Å². The summed E-state index contributed by atoms with van der Waals surface area (Å²) in [6.45, 7) is 4.91. The minimum Gasteiger partial charge on any atom is -0.497 e. The van der Waals surface area contributed by atoms with Gasteiger partial charge in [-0.25, -0.2) is 4.98 Å². The van der Waals surface area contributed by atoms with E-state index in [9.17, 15) is 4.79 Å². The molecule has 3 rings (SSSR count). The van der Waals surface area contributed by atoms with Gasteiger partial charge in [0.05, 0.1) is 18.2 Å². The van der Waals surface area contributed by atoms with Crippen LogP contribution >= 0.6 is 11.6 Å². The fourth-order valence-corrected chi connectivity index (χ4v) is 3.13. The lowest BCUT2D eigenvalue weighted by molar-refractivity contribution is -0.139. The van der Waals surface area contributed by atoms with Crippen LogP contribution in [0.25, 0.3) is 0 Å². The maximum Gasteiger partial charge on any atom is 0.234 e. The van der Waals surface area contributed by atoms with Gasteiger partial charge in [-0.1, -0.05) is 29.8 Å². The van der Waals surface area contributed by atoms with Gasteiger partial charge in [0.1, 0.15) is 10.9 Å². The Morgan fingerprint density at radius 3 is 2.57 bits per heavy atom. The first kappa shape index (κ1) is 15.8. The van der Waals surface area contributed by atoms with Crippen LogP contribution in [0.15, 0.2) is 36.4 Å². The molecule has 4 nitrogen and oxygen atoms in total. The number of ether oxygens (including phenoxy) is 1. The van der Waals surface area contributed by atoms with Gasteiger partial charge in [0, 0.05) is 13.1 Å². The Morgan fingerprint density at radius 1 is 1.22 bits per heavy atom. The van der Waals surface area contributed by atoms with E-state index in [1.165, 1.54) is 0 Å². The summed E-state index contributed by atoms with van der Waals surface area (Å²) in [5.41, 5.74) is 2.22. The first-order valence-electron chi connectivity index (χ1n) is 7.50. The van der Waals surface area contributed by atoms with Gasteiger partial charge in [0.15, 0.2) is 0 Å². The highest BCUT2D eigenvalue weighted by molar-refractivity contribution is 6.29. The summed E-state index contributed by atoms with van der Waals surface area (Å²) in [4.78, 5) is 19.1. The van der Waals surface area contributed by atoms with E-state index in [-0.39, 0.29) is 5.91 Å². The molecule has 23 heavy (non-hydrogen) atoms. The number of fused-ring (bicyclic) bond motifs is 1. The molecular weight excluding hydrogens is 312 g/mol. The van der Waals surface area contributed by atoms with E-state index in [1.54, 1.807) is 13.2 Å². The number of amides is 1. The van der Waals surface area contributed by atoms with Crippen LogP contribution in [-0.4, -0.2) is 22.9 Å². The fraction of sp³-hybridized carbons (Fsp3) is 0.333. The second kappa shape index (κ2) is 5.85. The van der Waals surface area contributed by atoms with Crippen LogP contribution in [-0.2, 0) is 23.3 Å². The van der Waals surface area contributed by atoms with E-state index < -0.39 is 5.41 Å². The molecule has 120 valence electrons. The van der Waals surface area contributed by atoms with Crippen molar-refractivity contribution in [1.29, 1.82) is 0 Å². The van der Waals surface area contributed by atoms with Gasteiger partial charge in [-0.3, -0.25) is 4.79 Å². The molecule has 0 atom stereocenters. The molecule has 1 aromatic carbocycles. The number of hydrogen-bond acceptors (Lipinski definition) is 3. The zero-order chi connectivity index (χ0) is 16.6. The molecule has 1 aromatic heterocycles. The lowest BCUT2D eigenvalue weighted by Crippen LogP contribution is -2.47.